The number of ether oxygens (including phenoxy) is 2. The maximum absolute atomic E-state index is 12.8. The van der Waals surface area contributed by atoms with Gasteiger partial charge in [0.05, 0.1) is 18.4 Å². The molecule has 0 unspecified atom stereocenters. The lowest BCUT2D eigenvalue weighted by Crippen LogP contribution is -2.16. The zero-order valence-corrected chi connectivity index (χ0v) is 18.4. The minimum atomic E-state index is -3.84. The Hall–Kier alpha value is -3.63. The topological polar surface area (TPSA) is 112 Å². The average Bonchev–Trinajstić information content (AvgIpc) is 3.33. The first-order valence-corrected chi connectivity index (χ1v) is 11.7. The number of carbonyl (C=O) groups is 1. The zero-order chi connectivity index (χ0) is 22.7. The van der Waals surface area contributed by atoms with Gasteiger partial charge < -0.3 is 13.9 Å². The van der Waals surface area contributed by atoms with Crippen LogP contribution >= 0.6 is 11.3 Å². The van der Waals surface area contributed by atoms with Crippen LogP contribution in [-0.2, 0) is 21.4 Å². The molecule has 2 aromatic heterocycles. The van der Waals surface area contributed by atoms with E-state index in [2.05, 4.69) is 4.72 Å². The third-order valence-electron chi connectivity index (χ3n) is 4.55. The van der Waals surface area contributed by atoms with Gasteiger partial charge in [-0.25, -0.2) is 18.0 Å². The molecule has 0 aliphatic heterocycles. The van der Waals surface area contributed by atoms with Gasteiger partial charge in [0.25, 0.3) is 10.0 Å². The average molecular weight is 472 g/mol. The van der Waals surface area contributed by atoms with E-state index in [0.717, 1.165) is 11.3 Å². The Morgan fingerprint density at radius 2 is 1.91 bits per heavy atom. The molecule has 164 valence electrons. The fraction of sp³-hybridized carbons (Fsp3) is 0.0909. The van der Waals surface area contributed by atoms with Crippen molar-refractivity contribution in [2.45, 2.75) is 10.8 Å². The Bertz CT molecular complexity index is 1440. The third-order valence-corrected chi connectivity index (χ3v) is 7.31. The molecule has 0 amide bonds. The quantitative estimate of drug-likeness (QED) is 0.320. The SMILES string of the molecule is COc1ccc2c(COC(=O)c3ccccc3NS(=O)(=O)c3cccs3)cc(=O)oc2c1. The number of rotatable bonds is 7. The Balaban J connectivity index is 1.58. The van der Waals surface area contributed by atoms with Crippen LogP contribution in [0.25, 0.3) is 11.0 Å². The third kappa shape index (κ3) is 4.51. The highest BCUT2D eigenvalue weighted by Crippen LogP contribution is 2.25. The normalized spacial score (nSPS) is 11.3. The lowest BCUT2D eigenvalue weighted by atomic mass is 10.1. The fourth-order valence-electron chi connectivity index (χ4n) is 3.04. The molecule has 4 aromatic rings. The highest BCUT2D eigenvalue weighted by molar-refractivity contribution is 7.94. The van der Waals surface area contributed by atoms with Gasteiger partial charge in [-0.2, -0.15) is 0 Å². The number of nitrogens with one attached hydrogen (secondary N) is 1. The summed E-state index contributed by atoms with van der Waals surface area (Å²) < 4.78 is 43.4. The van der Waals surface area contributed by atoms with Crippen molar-refractivity contribution in [2.24, 2.45) is 0 Å². The number of hydrogen-bond donors (Lipinski definition) is 1. The van der Waals surface area contributed by atoms with Gasteiger partial charge in [-0.1, -0.05) is 18.2 Å². The van der Waals surface area contributed by atoms with Gasteiger partial charge in [-0.05, 0) is 35.7 Å². The van der Waals surface area contributed by atoms with Gasteiger partial charge in [0.1, 0.15) is 22.1 Å². The number of esters is 1. The summed E-state index contributed by atoms with van der Waals surface area (Å²) in [7, 11) is -2.34. The highest BCUT2D eigenvalue weighted by Gasteiger charge is 2.20. The molecule has 1 N–H and O–H groups in total. The first-order chi connectivity index (χ1) is 15.4. The summed E-state index contributed by atoms with van der Waals surface area (Å²) in [4.78, 5) is 24.7. The maximum atomic E-state index is 12.8. The lowest BCUT2D eigenvalue weighted by molar-refractivity contribution is 0.0475. The van der Waals surface area contributed by atoms with E-state index in [1.807, 2.05) is 0 Å². The molecule has 0 saturated carbocycles. The van der Waals surface area contributed by atoms with Crippen LogP contribution in [0.15, 0.2) is 79.5 Å². The summed E-state index contributed by atoms with van der Waals surface area (Å²) in [6, 6.07) is 15.4. The second kappa shape index (κ2) is 8.85. The largest absolute Gasteiger partial charge is 0.497 e. The summed E-state index contributed by atoms with van der Waals surface area (Å²) in [5.74, 6) is -0.230. The smallest absolute Gasteiger partial charge is 0.340 e. The van der Waals surface area contributed by atoms with E-state index >= 15 is 0 Å². The molecular formula is C22H17NO7S2. The predicted octanol–water partition coefficient (Wildman–Crippen LogP) is 4.02. The van der Waals surface area contributed by atoms with Crippen LogP contribution in [0.3, 0.4) is 0 Å². The Morgan fingerprint density at radius 3 is 2.66 bits per heavy atom. The molecule has 10 heteroatoms. The van der Waals surface area contributed by atoms with Crippen LogP contribution < -0.4 is 15.1 Å². The molecule has 0 saturated heterocycles. The standard InChI is InChI=1S/C22H17NO7S2/c1-28-15-8-9-16-14(11-20(24)30-19(16)12-15)13-29-22(25)17-5-2-3-6-18(17)23-32(26,27)21-7-4-10-31-21/h2-12,23H,13H2,1H3. The van der Waals surface area contributed by atoms with Gasteiger partial charge in [-0.15, -0.1) is 11.3 Å². The monoisotopic (exact) mass is 471 g/mol. The van der Waals surface area contributed by atoms with Crippen LogP contribution in [0.1, 0.15) is 15.9 Å². The summed E-state index contributed by atoms with van der Waals surface area (Å²) >= 11 is 1.06. The van der Waals surface area contributed by atoms with Gasteiger partial charge >= 0.3 is 11.6 Å². The zero-order valence-electron chi connectivity index (χ0n) is 16.7. The molecular weight excluding hydrogens is 454 g/mol. The number of methoxy groups -OCH3 is 1. The molecule has 2 heterocycles. The number of fused-ring (bicyclic) bond motifs is 1. The van der Waals surface area contributed by atoms with Crippen molar-refractivity contribution in [2.75, 3.05) is 11.8 Å². The van der Waals surface area contributed by atoms with Crippen molar-refractivity contribution in [1.29, 1.82) is 0 Å². The summed E-state index contributed by atoms with van der Waals surface area (Å²) in [5.41, 5.74) is 0.284. The second-order valence-electron chi connectivity index (χ2n) is 6.61. The molecule has 2 aromatic carbocycles. The van der Waals surface area contributed by atoms with E-state index in [1.165, 1.54) is 31.4 Å². The van der Waals surface area contributed by atoms with E-state index in [9.17, 15) is 18.0 Å². The summed E-state index contributed by atoms with van der Waals surface area (Å²) in [6.07, 6.45) is 0. The molecule has 4 rings (SSSR count). The van der Waals surface area contributed by atoms with Crippen molar-refractivity contribution < 1.29 is 27.1 Å². The Morgan fingerprint density at radius 1 is 1.09 bits per heavy atom. The van der Waals surface area contributed by atoms with Crippen LogP contribution in [0.5, 0.6) is 5.75 Å². The molecule has 0 aliphatic rings. The Labute approximate surface area is 187 Å². The minimum absolute atomic E-state index is 0.0431. The summed E-state index contributed by atoms with van der Waals surface area (Å²) in [6.45, 7) is -0.209. The van der Waals surface area contributed by atoms with Crippen molar-refractivity contribution >= 4 is 44.0 Å². The first kappa shape index (κ1) is 21.6. The molecule has 0 aliphatic carbocycles. The van der Waals surface area contributed by atoms with Crippen LogP contribution in [0, 0.1) is 0 Å². The van der Waals surface area contributed by atoms with Gasteiger partial charge in [0.15, 0.2) is 0 Å². The molecule has 0 radical (unpaired) electrons. The summed E-state index contributed by atoms with van der Waals surface area (Å²) in [5, 5.41) is 2.23. The van der Waals surface area contributed by atoms with Gasteiger partial charge in [-0.3, -0.25) is 4.72 Å². The lowest BCUT2D eigenvalue weighted by Gasteiger charge is -2.12. The van der Waals surface area contributed by atoms with E-state index < -0.39 is 21.6 Å². The second-order valence-corrected chi connectivity index (χ2v) is 9.47. The van der Waals surface area contributed by atoms with Crippen molar-refractivity contribution in [3.8, 4) is 5.75 Å². The number of carbonyl (C=O) groups excluding carboxylic acids is 1. The number of para-hydroxylation sites is 1. The van der Waals surface area contributed by atoms with Crippen molar-refractivity contribution in [3.05, 3.63) is 87.6 Å². The molecule has 8 nitrogen and oxygen atoms in total. The molecule has 0 atom stereocenters. The minimum Gasteiger partial charge on any atom is -0.497 e. The maximum Gasteiger partial charge on any atom is 0.340 e. The number of benzene rings is 2. The predicted molar refractivity (Wildman–Crippen MR) is 120 cm³/mol. The molecule has 0 spiro atoms. The Kier molecular flexibility index (Phi) is 5.97. The van der Waals surface area contributed by atoms with Crippen molar-refractivity contribution in [3.63, 3.8) is 0 Å². The molecule has 0 fully saturated rings. The number of anilines is 1. The van der Waals surface area contributed by atoms with E-state index in [1.54, 1.807) is 41.8 Å². The number of hydrogen-bond acceptors (Lipinski definition) is 8. The van der Waals surface area contributed by atoms with Gasteiger partial charge in [0.2, 0.25) is 0 Å². The highest BCUT2D eigenvalue weighted by atomic mass is 32.2. The van der Waals surface area contributed by atoms with E-state index in [4.69, 9.17) is 13.9 Å². The number of sulfonamides is 1. The fourth-order valence-corrected chi connectivity index (χ4v) is 5.11. The van der Waals surface area contributed by atoms with Gasteiger partial charge in [0, 0.05) is 23.1 Å². The first-order valence-electron chi connectivity index (χ1n) is 9.30. The molecule has 32 heavy (non-hydrogen) atoms. The van der Waals surface area contributed by atoms with E-state index in [-0.39, 0.29) is 22.1 Å². The van der Waals surface area contributed by atoms with Crippen LogP contribution in [0.4, 0.5) is 5.69 Å². The van der Waals surface area contributed by atoms with Crippen LogP contribution in [0.2, 0.25) is 0 Å². The number of thiophene rings is 1. The van der Waals surface area contributed by atoms with Crippen LogP contribution in [-0.4, -0.2) is 21.5 Å². The van der Waals surface area contributed by atoms with E-state index in [0.29, 0.717) is 22.3 Å². The van der Waals surface area contributed by atoms with Crippen molar-refractivity contribution in [1.82, 2.24) is 0 Å². The molecule has 0 bridgehead atoms.